The van der Waals surface area contributed by atoms with Gasteiger partial charge in [0, 0.05) is 11.1 Å². The van der Waals surface area contributed by atoms with Crippen LogP contribution in [0, 0.1) is 11.6 Å². The number of halogens is 2. The first-order chi connectivity index (χ1) is 9.24. The summed E-state index contributed by atoms with van der Waals surface area (Å²) in [5, 5.41) is 6.85. The van der Waals surface area contributed by atoms with Gasteiger partial charge in [-0.3, -0.25) is 5.10 Å². The Labute approximate surface area is 108 Å². The fraction of sp³-hybridized carbons (Fsp3) is 0. The molecule has 2 aromatic carbocycles. The molecule has 1 aromatic heterocycles. The van der Waals surface area contributed by atoms with Gasteiger partial charge in [0.1, 0.15) is 11.6 Å². The van der Waals surface area contributed by atoms with E-state index in [0.29, 0.717) is 11.4 Å². The molecule has 3 aromatic rings. The van der Waals surface area contributed by atoms with E-state index in [1.165, 1.54) is 0 Å². The molecule has 94 valence electrons. The Hall–Kier alpha value is -2.49. The van der Waals surface area contributed by atoms with E-state index >= 15 is 0 Å². The Kier molecular flexibility index (Phi) is 2.83. The Morgan fingerprint density at radius 2 is 1.68 bits per heavy atom. The van der Waals surface area contributed by atoms with Crippen LogP contribution in [-0.4, -0.2) is 10.2 Å². The molecule has 0 atom stereocenters. The number of aromatic nitrogens is 2. The van der Waals surface area contributed by atoms with E-state index in [4.69, 9.17) is 0 Å². The molecule has 0 aliphatic carbocycles. The van der Waals surface area contributed by atoms with Crippen LogP contribution in [0.2, 0.25) is 0 Å². The molecular weight excluding hydrogens is 246 g/mol. The van der Waals surface area contributed by atoms with E-state index in [-0.39, 0.29) is 5.56 Å². The number of nitrogens with zero attached hydrogens (tertiary/aromatic N) is 1. The lowest BCUT2D eigenvalue weighted by Gasteiger charge is -1.99. The summed E-state index contributed by atoms with van der Waals surface area (Å²) in [4.78, 5) is 0. The third-order valence-electron chi connectivity index (χ3n) is 2.87. The van der Waals surface area contributed by atoms with Gasteiger partial charge in [-0.25, -0.2) is 8.78 Å². The van der Waals surface area contributed by atoms with Gasteiger partial charge in [0.2, 0.25) is 0 Å². The van der Waals surface area contributed by atoms with Crippen molar-refractivity contribution in [2.45, 2.75) is 0 Å². The number of hydrogen-bond acceptors (Lipinski definition) is 1. The van der Waals surface area contributed by atoms with Crippen LogP contribution < -0.4 is 0 Å². The standard InChI is InChI=1S/C15H10F2N2/c16-11-6-7-13(17)12(8-11)15-9-14(18-19-15)10-4-2-1-3-5-10/h1-9H,(H,18,19). The van der Waals surface area contributed by atoms with Crippen molar-refractivity contribution in [3.8, 4) is 22.5 Å². The second-order valence-corrected chi connectivity index (χ2v) is 4.16. The topological polar surface area (TPSA) is 28.7 Å². The molecule has 0 radical (unpaired) electrons. The number of rotatable bonds is 2. The monoisotopic (exact) mass is 256 g/mol. The fourth-order valence-electron chi connectivity index (χ4n) is 1.92. The van der Waals surface area contributed by atoms with Gasteiger partial charge in [-0.05, 0) is 24.3 Å². The van der Waals surface area contributed by atoms with Crippen LogP contribution in [0.4, 0.5) is 8.78 Å². The first-order valence-corrected chi connectivity index (χ1v) is 5.80. The van der Waals surface area contributed by atoms with Crippen LogP contribution in [0.15, 0.2) is 54.6 Å². The normalized spacial score (nSPS) is 10.6. The molecule has 2 nitrogen and oxygen atoms in total. The molecule has 1 N–H and O–H groups in total. The molecule has 19 heavy (non-hydrogen) atoms. The Morgan fingerprint density at radius 1 is 0.895 bits per heavy atom. The zero-order chi connectivity index (χ0) is 13.2. The van der Waals surface area contributed by atoms with Gasteiger partial charge < -0.3 is 0 Å². The van der Waals surface area contributed by atoms with Crippen molar-refractivity contribution < 1.29 is 8.78 Å². The summed E-state index contributed by atoms with van der Waals surface area (Å²) in [6.45, 7) is 0. The van der Waals surface area contributed by atoms with Gasteiger partial charge in [-0.2, -0.15) is 5.10 Å². The van der Waals surface area contributed by atoms with E-state index < -0.39 is 11.6 Å². The van der Waals surface area contributed by atoms with Gasteiger partial charge in [-0.15, -0.1) is 0 Å². The summed E-state index contributed by atoms with van der Waals surface area (Å²) in [5.74, 6) is -0.961. The summed E-state index contributed by atoms with van der Waals surface area (Å²) in [5.41, 5.74) is 2.24. The predicted octanol–water partition coefficient (Wildman–Crippen LogP) is 4.02. The highest BCUT2D eigenvalue weighted by atomic mass is 19.1. The molecule has 0 fully saturated rings. The zero-order valence-electron chi connectivity index (χ0n) is 9.90. The Morgan fingerprint density at radius 3 is 2.47 bits per heavy atom. The molecule has 3 rings (SSSR count). The summed E-state index contributed by atoms with van der Waals surface area (Å²) >= 11 is 0. The highest BCUT2D eigenvalue weighted by Crippen LogP contribution is 2.26. The number of aromatic amines is 1. The molecule has 4 heteroatoms. The minimum absolute atomic E-state index is 0.176. The number of nitrogens with one attached hydrogen (secondary N) is 1. The fourth-order valence-corrected chi connectivity index (χ4v) is 1.92. The van der Waals surface area contributed by atoms with E-state index in [2.05, 4.69) is 10.2 Å². The first kappa shape index (κ1) is 11.6. The maximum absolute atomic E-state index is 13.7. The van der Waals surface area contributed by atoms with E-state index in [0.717, 1.165) is 23.8 Å². The minimum Gasteiger partial charge on any atom is -0.277 e. The molecule has 0 amide bonds. The lowest BCUT2D eigenvalue weighted by atomic mass is 10.1. The lowest BCUT2D eigenvalue weighted by molar-refractivity contribution is 0.602. The smallest absolute Gasteiger partial charge is 0.132 e. The zero-order valence-corrected chi connectivity index (χ0v) is 9.90. The lowest BCUT2D eigenvalue weighted by Crippen LogP contribution is -1.86. The first-order valence-electron chi connectivity index (χ1n) is 5.80. The molecular formula is C15H10F2N2. The third-order valence-corrected chi connectivity index (χ3v) is 2.87. The minimum atomic E-state index is -0.482. The van der Waals surface area contributed by atoms with Gasteiger partial charge in [0.15, 0.2) is 0 Å². The van der Waals surface area contributed by atoms with Gasteiger partial charge >= 0.3 is 0 Å². The summed E-state index contributed by atoms with van der Waals surface area (Å²) < 4.78 is 26.8. The Balaban J connectivity index is 2.04. The van der Waals surface area contributed by atoms with Crippen LogP contribution in [0.1, 0.15) is 0 Å². The van der Waals surface area contributed by atoms with Crippen molar-refractivity contribution in [2.24, 2.45) is 0 Å². The van der Waals surface area contributed by atoms with Crippen molar-refractivity contribution in [1.82, 2.24) is 10.2 Å². The molecule has 0 aliphatic heterocycles. The van der Waals surface area contributed by atoms with Crippen LogP contribution >= 0.6 is 0 Å². The SMILES string of the molecule is Fc1ccc(F)c(-c2cc(-c3ccccc3)n[nH]2)c1. The quantitative estimate of drug-likeness (QED) is 0.737. The number of hydrogen-bond donors (Lipinski definition) is 1. The largest absolute Gasteiger partial charge is 0.277 e. The molecule has 0 saturated carbocycles. The van der Waals surface area contributed by atoms with Crippen LogP contribution in [-0.2, 0) is 0 Å². The molecule has 0 unspecified atom stereocenters. The second kappa shape index (κ2) is 4.65. The molecule has 0 spiro atoms. The van der Waals surface area contributed by atoms with Crippen molar-refractivity contribution >= 4 is 0 Å². The molecule has 0 aliphatic rings. The maximum atomic E-state index is 13.7. The molecule has 0 bridgehead atoms. The molecule has 1 heterocycles. The van der Waals surface area contributed by atoms with Crippen molar-refractivity contribution in [3.05, 3.63) is 66.2 Å². The van der Waals surface area contributed by atoms with Crippen LogP contribution in [0.3, 0.4) is 0 Å². The Bertz CT molecular complexity index is 705. The maximum Gasteiger partial charge on any atom is 0.132 e. The average Bonchev–Trinajstić information content (AvgIpc) is 2.92. The van der Waals surface area contributed by atoms with Gasteiger partial charge in [0.25, 0.3) is 0 Å². The third kappa shape index (κ3) is 2.25. The average molecular weight is 256 g/mol. The van der Waals surface area contributed by atoms with Gasteiger partial charge in [-0.1, -0.05) is 30.3 Å². The summed E-state index contributed by atoms with van der Waals surface area (Å²) in [7, 11) is 0. The van der Waals surface area contributed by atoms with Crippen LogP contribution in [0.25, 0.3) is 22.5 Å². The predicted molar refractivity (Wildman–Crippen MR) is 69.4 cm³/mol. The highest BCUT2D eigenvalue weighted by Gasteiger charge is 2.10. The van der Waals surface area contributed by atoms with Crippen molar-refractivity contribution in [3.63, 3.8) is 0 Å². The van der Waals surface area contributed by atoms with E-state index in [1.54, 1.807) is 6.07 Å². The summed E-state index contributed by atoms with van der Waals surface area (Å²) in [6, 6.07) is 14.6. The van der Waals surface area contributed by atoms with E-state index in [9.17, 15) is 8.78 Å². The highest BCUT2D eigenvalue weighted by molar-refractivity contribution is 5.68. The van der Waals surface area contributed by atoms with Crippen molar-refractivity contribution in [1.29, 1.82) is 0 Å². The second-order valence-electron chi connectivity index (χ2n) is 4.16. The number of H-pyrrole nitrogens is 1. The van der Waals surface area contributed by atoms with Crippen molar-refractivity contribution in [2.75, 3.05) is 0 Å². The number of benzene rings is 2. The van der Waals surface area contributed by atoms with Gasteiger partial charge in [0.05, 0.1) is 11.4 Å². The summed E-state index contributed by atoms with van der Waals surface area (Å²) in [6.07, 6.45) is 0. The van der Waals surface area contributed by atoms with Crippen LogP contribution in [0.5, 0.6) is 0 Å². The molecule has 0 saturated heterocycles. The van der Waals surface area contributed by atoms with E-state index in [1.807, 2.05) is 30.3 Å².